The van der Waals surface area contributed by atoms with Gasteiger partial charge in [-0.3, -0.25) is 19.3 Å². The number of nitrogens with one attached hydrogen (secondary N) is 3. The molecule has 0 atom stereocenters. The fourth-order valence-electron chi connectivity index (χ4n) is 2.43. The standard InChI is InChI=1S/C18H18N4O5S/c23-15-11-28-18(26)22(15)10-12-3-5-13(6-4-12)21-17(25)20-8-7-19-16(24)14-2-1-9-27-14/h1-6,9H,7-8,10-11H2,(H,19,24)(H2,20,21,25). The van der Waals surface area contributed by atoms with E-state index >= 15 is 0 Å². The number of anilines is 1. The monoisotopic (exact) mass is 402 g/mol. The first-order valence-electron chi connectivity index (χ1n) is 8.45. The number of carbonyl (C=O) groups excluding carboxylic acids is 4. The molecule has 1 aromatic carbocycles. The molecule has 10 heteroatoms. The van der Waals surface area contributed by atoms with Crippen LogP contribution in [-0.4, -0.2) is 46.8 Å². The summed E-state index contributed by atoms with van der Waals surface area (Å²) in [6, 6.07) is 9.60. The molecule has 2 aromatic rings. The first-order valence-corrected chi connectivity index (χ1v) is 9.44. The Morgan fingerprint density at radius 1 is 1.07 bits per heavy atom. The van der Waals surface area contributed by atoms with Gasteiger partial charge in [-0.25, -0.2) is 4.79 Å². The van der Waals surface area contributed by atoms with Gasteiger partial charge in [-0.2, -0.15) is 0 Å². The summed E-state index contributed by atoms with van der Waals surface area (Å²) >= 11 is 0.995. The molecule has 0 bridgehead atoms. The van der Waals surface area contributed by atoms with Crippen molar-refractivity contribution in [2.24, 2.45) is 0 Å². The molecule has 3 rings (SSSR count). The Labute approximate surface area is 164 Å². The normalized spacial score (nSPS) is 13.5. The van der Waals surface area contributed by atoms with Gasteiger partial charge >= 0.3 is 6.03 Å². The van der Waals surface area contributed by atoms with Gasteiger partial charge in [0.2, 0.25) is 5.91 Å². The maximum Gasteiger partial charge on any atom is 0.319 e. The van der Waals surface area contributed by atoms with E-state index in [0.717, 1.165) is 17.3 Å². The van der Waals surface area contributed by atoms with Crippen LogP contribution < -0.4 is 16.0 Å². The van der Waals surface area contributed by atoms with Crippen LogP contribution in [0, 0.1) is 0 Å². The number of carbonyl (C=O) groups is 4. The molecule has 1 aliphatic heterocycles. The number of hydrogen-bond donors (Lipinski definition) is 3. The summed E-state index contributed by atoms with van der Waals surface area (Å²) in [5, 5.41) is 7.66. The number of benzene rings is 1. The van der Waals surface area contributed by atoms with Crippen LogP contribution in [-0.2, 0) is 11.3 Å². The van der Waals surface area contributed by atoms with E-state index in [9.17, 15) is 19.2 Å². The number of rotatable bonds is 7. The molecule has 0 radical (unpaired) electrons. The molecule has 1 aromatic heterocycles. The lowest BCUT2D eigenvalue weighted by Crippen LogP contribution is -2.36. The van der Waals surface area contributed by atoms with Gasteiger partial charge in [0.15, 0.2) is 5.76 Å². The Morgan fingerprint density at radius 3 is 2.46 bits per heavy atom. The van der Waals surface area contributed by atoms with Gasteiger partial charge in [0.05, 0.1) is 18.6 Å². The molecule has 1 saturated heterocycles. The van der Waals surface area contributed by atoms with Crippen LogP contribution in [0.4, 0.5) is 15.3 Å². The molecule has 0 aliphatic carbocycles. The van der Waals surface area contributed by atoms with Crippen LogP contribution in [0.3, 0.4) is 0 Å². The van der Waals surface area contributed by atoms with Crippen molar-refractivity contribution >= 4 is 40.5 Å². The Hall–Kier alpha value is -3.27. The van der Waals surface area contributed by atoms with Crippen LogP contribution >= 0.6 is 11.8 Å². The minimum atomic E-state index is -0.415. The number of furan rings is 1. The van der Waals surface area contributed by atoms with E-state index in [-0.39, 0.29) is 48.2 Å². The third-order valence-electron chi connectivity index (χ3n) is 3.83. The predicted octanol–water partition coefficient (Wildman–Crippen LogP) is 2.03. The van der Waals surface area contributed by atoms with E-state index in [4.69, 9.17) is 4.42 Å². The summed E-state index contributed by atoms with van der Waals surface area (Å²) in [5.41, 5.74) is 1.35. The lowest BCUT2D eigenvalue weighted by Gasteiger charge is -2.13. The average Bonchev–Trinajstić information content (AvgIpc) is 3.33. The van der Waals surface area contributed by atoms with Crippen molar-refractivity contribution in [3.63, 3.8) is 0 Å². The van der Waals surface area contributed by atoms with Gasteiger partial charge in [0, 0.05) is 18.8 Å². The molecular weight excluding hydrogens is 384 g/mol. The third-order valence-corrected chi connectivity index (χ3v) is 4.69. The van der Waals surface area contributed by atoms with Crippen LogP contribution in [0.25, 0.3) is 0 Å². The fourth-order valence-corrected chi connectivity index (χ4v) is 3.16. The summed E-state index contributed by atoms with van der Waals surface area (Å²) in [6.45, 7) is 0.710. The number of amides is 5. The van der Waals surface area contributed by atoms with E-state index in [2.05, 4.69) is 16.0 Å². The van der Waals surface area contributed by atoms with Crippen molar-refractivity contribution < 1.29 is 23.6 Å². The van der Waals surface area contributed by atoms with Crippen molar-refractivity contribution in [1.82, 2.24) is 15.5 Å². The molecule has 146 valence electrons. The van der Waals surface area contributed by atoms with Gasteiger partial charge in [-0.15, -0.1) is 0 Å². The average molecular weight is 402 g/mol. The molecule has 28 heavy (non-hydrogen) atoms. The summed E-state index contributed by atoms with van der Waals surface area (Å²) < 4.78 is 4.96. The van der Waals surface area contributed by atoms with Crippen LogP contribution in [0.5, 0.6) is 0 Å². The smallest absolute Gasteiger partial charge is 0.319 e. The molecule has 0 spiro atoms. The van der Waals surface area contributed by atoms with Gasteiger partial charge < -0.3 is 20.4 Å². The predicted molar refractivity (Wildman–Crippen MR) is 103 cm³/mol. The number of imide groups is 1. The zero-order chi connectivity index (χ0) is 19.9. The number of hydrogen-bond acceptors (Lipinski definition) is 6. The van der Waals surface area contributed by atoms with Crippen molar-refractivity contribution in [3.8, 4) is 0 Å². The zero-order valence-corrected chi connectivity index (χ0v) is 15.6. The summed E-state index contributed by atoms with van der Waals surface area (Å²) in [7, 11) is 0. The van der Waals surface area contributed by atoms with E-state index in [0.29, 0.717) is 5.69 Å². The topological polar surface area (TPSA) is 121 Å². The Morgan fingerprint density at radius 2 is 1.82 bits per heavy atom. The second-order valence-electron chi connectivity index (χ2n) is 5.85. The molecule has 0 saturated carbocycles. The van der Waals surface area contributed by atoms with Gasteiger partial charge in [-0.1, -0.05) is 23.9 Å². The number of thioether (sulfide) groups is 1. The molecule has 1 aliphatic rings. The van der Waals surface area contributed by atoms with Crippen LogP contribution in [0.2, 0.25) is 0 Å². The quantitative estimate of drug-likeness (QED) is 0.610. The highest BCUT2D eigenvalue weighted by Gasteiger charge is 2.29. The van der Waals surface area contributed by atoms with Crippen molar-refractivity contribution in [1.29, 1.82) is 0 Å². The SMILES string of the molecule is O=C(NCCNC(=O)c1ccco1)Nc1ccc(CN2C(=O)CSC2=O)cc1. The Bertz CT molecular complexity index is 851. The van der Waals surface area contributed by atoms with Gasteiger partial charge in [0.1, 0.15) is 0 Å². The maximum absolute atomic E-state index is 11.9. The fraction of sp³-hybridized carbons (Fsp3) is 0.222. The van der Waals surface area contributed by atoms with Gasteiger partial charge in [-0.05, 0) is 29.8 Å². The summed E-state index contributed by atoms with van der Waals surface area (Å²) in [6.07, 6.45) is 1.41. The lowest BCUT2D eigenvalue weighted by molar-refractivity contribution is -0.125. The first kappa shape index (κ1) is 19.5. The minimum absolute atomic E-state index is 0.181. The highest BCUT2D eigenvalue weighted by atomic mass is 32.2. The largest absolute Gasteiger partial charge is 0.459 e. The molecule has 1 fully saturated rings. The van der Waals surface area contributed by atoms with Crippen LogP contribution in [0.15, 0.2) is 47.1 Å². The number of urea groups is 1. The molecule has 0 unspecified atom stereocenters. The number of nitrogens with zero attached hydrogens (tertiary/aromatic N) is 1. The third kappa shape index (κ3) is 5.13. The van der Waals surface area contributed by atoms with E-state index in [1.54, 1.807) is 36.4 Å². The van der Waals surface area contributed by atoms with E-state index < -0.39 is 6.03 Å². The summed E-state index contributed by atoms with van der Waals surface area (Å²) in [4.78, 5) is 48.0. The highest BCUT2D eigenvalue weighted by Crippen LogP contribution is 2.21. The van der Waals surface area contributed by atoms with Crippen LogP contribution in [0.1, 0.15) is 16.1 Å². The second-order valence-corrected chi connectivity index (χ2v) is 6.77. The molecule has 5 amide bonds. The lowest BCUT2D eigenvalue weighted by atomic mass is 10.2. The molecule has 3 N–H and O–H groups in total. The van der Waals surface area contributed by atoms with E-state index in [1.807, 2.05) is 0 Å². The minimum Gasteiger partial charge on any atom is -0.459 e. The molecule has 9 nitrogen and oxygen atoms in total. The van der Waals surface area contributed by atoms with Crippen molar-refractivity contribution in [3.05, 3.63) is 54.0 Å². The first-order chi connectivity index (χ1) is 13.5. The second kappa shape index (κ2) is 9.09. The Balaban J connectivity index is 1.39. The molecule has 2 heterocycles. The zero-order valence-electron chi connectivity index (χ0n) is 14.8. The van der Waals surface area contributed by atoms with Crippen molar-refractivity contribution in [2.75, 3.05) is 24.2 Å². The van der Waals surface area contributed by atoms with Crippen molar-refractivity contribution in [2.45, 2.75) is 6.54 Å². The maximum atomic E-state index is 11.9. The highest BCUT2D eigenvalue weighted by molar-refractivity contribution is 8.14. The Kier molecular flexibility index (Phi) is 6.33. The van der Waals surface area contributed by atoms with Gasteiger partial charge in [0.25, 0.3) is 11.1 Å². The molecular formula is C18H18N4O5S. The summed E-state index contributed by atoms with van der Waals surface area (Å²) in [5.74, 6) is -0.159. The van der Waals surface area contributed by atoms with E-state index in [1.165, 1.54) is 11.2 Å².